The van der Waals surface area contributed by atoms with Gasteiger partial charge in [0.05, 0.1) is 0 Å². The zero-order valence-electron chi connectivity index (χ0n) is 21.5. The third-order valence-electron chi connectivity index (χ3n) is 6.84. The molecule has 0 heterocycles. The highest BCUT2D eigenvalue weighted by Gasteiger charge is 2.07. The van der Waals surface area contributed by atoms with Crippen molar-refractivity contribution in [1.29, 1.82) is 0 Å². The van der Waals surface area contributed by atoms with E-state index in [-0.39, 0.29) is 0 Å². The van der Waals surface area contributed by atoms with Crippen molar-refractivity contribution in [2.24, 2.45) is 0 Å². The summed E-state index contributed by atoms with van der Waals surface area (Å²) in [6.07, 6.45) is 31.1. The van der Waals surface area contributed by atoms with Crippen LogP contribution in [0.3, 0.4) is 0 Å². The summed E-state index contributed by atoms with van der Waals surface area (Å²) in [6.45, 7) is 4.61. The largest absolute Gasteiger partial charge is 0.0654 e. The quantitative estimate of drug-likeness (QED) is 0.0854. The highest BCUT2D eigenvalue weighted by molar-refractivity contribution is 14.1. The maximum atomic E-state index is 2.52. The molecule has 0 saturated heterocycles. The number of unbranched alkanes of at least 4 members (excludes halogenated alkanes) is 18. The first-order valence-corrected chi connectivity index (χ1v) is 16.3. The van der Waals surface area contributed by atoms with E-state index in [1.165, 1.54) is 148 Å². The summed E-state index contributed by atoms with van der Waals surface area (Å²) in [5.74, 6) is 0. The smallest absolute Gasteiger partial charge is 0.0266 e. The minimum Gasteiger partial charge on any atom is -0.0654 e. The average Bonchev–Trinajstić information content (AvgIpc) is 2.79. The van der Waals surface area contributed by atoms with Crippen LogP contribution in [0.4, 0.5) is 0 Å². The van der Waals surface area contributed by atoms with Gasteiger partial charge in [-0.2, -0.15) is 0 Å². The second-order valence-corrected chi connectivity index (χ2v) is 12.2. The fourth-order valence-electron chi connectivity index (χ4n) is 4.70. The van der Waals surface area contributed by atoms with Crippen molar-refractivity contribution in [3.63, 3.8) is 0 Å². The Morgan fingerprint density at radius 2 is 0.656 bits per heavy atom. The third kappa shape index (κ3) is 16.3. The minimum absolute atomic E-state index is 1.29. The normalized spacial score (nSPS) is 11.4. The molecular formula is C30H52I2. The summed E-state index contributed by atoms with van der Waals surface area (Å²) in [7, 11) is 0. The van der Waals surface area contributed by atoms with Gasteiger partial charge >= 0.3 is 0 Å². The molecule has 0 fully saturated rings. The Bertz CT molecular complexity index is 503. The Balaban J connectivity index is 2.19. The van der Waals surface area contributed by atoms with Gasteiger partial charge in [-0.1, -0.05) is 129 Å². The van der Waals surface area contributed by atoms with E-state index in [0.717, 1.165) is 0 Å². The minimum atomic E-state index is 1.29. The molecule has 0 nitrogen and oxygen atoms in total. The van der Waals surface area contributed by atoms with Gasteiger partial charge in [0.2, 0.25) is 0 Å². The highest BCUT2D eigenvalue weighted by atomic mass is 127. The zero-order valence-corrected chi connectivity index (χ0v) is 25.8. The fourth-order valence-corrected chi connectivity index (χ4v) is 5.76. The summed E-state index contributed by atoms with van der Waals surface area (Å²) in [5, 5.41) is 0. The van der Waals surface area contributed by atoms with Gasteiger partial charge in [-0.3, -0.25) is 0 Å². The van der Waals surface area contributed by atoms with Crippen LogP contribution in [-0.2, 0) is 12.8 Å². The molecule has 0 atom stereocenters. The van der Waals surface area contributed by atoms with E-state index < -0.39 is 0 Å². The lowest BCUT2D eigenvalue weighted by atomic mass is 9.96. The molecule has 0 saturated carbocycles. The monoisotopic (exact) mass is 666 g/mol. The number of aryl methyl sites for hydroxylation is 2. The SMILES string of the molecule is CCCCCCCCCCCCc1cc(I)c(I)cc1CCCCCCCCCCCC. The number of halogens is 2. The van der Waals surface area contributed by atoms with Crippen molar-refractivity contribution in [2.75, 3.05) is 0 Å². The van der Waals surface area contributed by atoms with Crippen LogP contribution >= 0.6 is 45.2 Å². The second kappa shape index (κ2) is 22.2. The van der Waals surface area contributed by atoms with Gasteiger partial charge in [-0.25, -0.2) is 0 Å². The molecule has 0 N–H and O–H groups in total. The summed E-state index contributed by atoms with van der Waals surface area (Å²) < 4.78 is 2.88. The van der Waals surface area contributed by atoms with E-state index in [1.54, 1.807) is 11.1 Å². The molecule has 0 radical (unpaired) electrons. The molecule has 1 aromatic rings. The van der Waals surface area contributed by atoms with Crippen molar-refractivity contribution in [3.8, 4) is 0 Å². The lowest BCUT2D eigenvalue weighted by Crippen LogP contribution is -1.99. The molecule has 32 heavy (non-hydrogen) atoms. The van der Waals surface area contributed by atoms with Gasteiger partial charge in [-0.05, 0) is 94.1 Å². The Labute approximate surface area is 229 Å². The van der Waals surface area contributed by atoms with Gasteiger partial charge in [0, 0.05) is 7.14 Å². The first kappa shape index (κ1) is 30.7. The van der Waals surface area contributed by atoms with Crippen LogP contribution in [0.25, 0.3) is 0 Å². The van der Waals surface area contributed by atoms with E-state index in [4.69, 9.17) is 0 Å². The zero-order chi connectivity index (χ0) is 23.3. The Morgan fingerprint density at radius 1 is 0.406 bits per heavy atom. The maximum absolute atomic E-state index is 2.52. The molecule has 0 unspecified atom stereocenters. The van der Waals surface area contributed by atoms with Crippen LogP contribution in [-0.4, -0.2) is 0 Å². The molecule has 186 valence electrons. The lowest BCUT2D eigenvalue weighted by molar-refractivity contribution is 0.553. The van der Waals surface area contributed by atoms with Gasteiger partial charge in [0.15, 0.2) is 0 Å². The lowest BCUT2D eigenvalue weighted by Gasteiger charge is -2.12. The van der Waals surface area contributed by atoms with Crippen LogP contribution in [0.1, 0.15) is 153 Å². The summed E-state index contributed by atoms with van der Waals surface area (Å²) >= 11 is 5.05. The molecule has 1 rings (SSSR count). The number of hydrogen-bond donors (Lipinski definition) is 0. The molecule has 0 bridgehead atoms. The predicted octanol–water partition coefficient (Wildman–Crippen LogP) is 11.8. The number of benzene rings is 1. The van der Waals surface area contributed by atoms with E-state index in [2.05, 4.69) is 71.2 Å². The summed E-state index contributed by atoms with van der Waals surface area (Å²) in [4.78, 5) is 0. The molecule has 0 aromatic heterocycles. The Morgan fingerprint density at radius 3 is 0.938 bits per heavy atom. The van der Waals surface area contributed by atoms with Gasteiger partial charge in [-0.15, -0.1) is 0 Å². The topological polar surface area (TPSA) is 0 Å². The second-order valence-electron chi connectivity index (χ2n) is 9.90. The Hall–Kier alpha value is 0.680. The van der Waals surface area contributed by atoms with Crippen molar-refractivity contribution in [3.05, 3.63) is 30.4 Å². The molecule has 0 aliphatic rings. The fraction of sp³-hybridized carbons (Fsp3) is 0.800. The van der Waals surface area contributed by atoms with E-state index in [0.29, 0.717) is 0 Å². The van der Waals surface area contributed by atoms with E-state index in [9.17, 15) is 0 Å². The summed E-state index contributed by atoms with van der Waals surface area (Å²) in [6, 6.07) is 4.98. The van der Waals surface area contributed by atoms with Crippen LogP contribution < -0.4 is 0 Å². The van der Waals surface area contributed by atoms with Crippen molar-refractivity contribution >= 4 is 45.2 Å². The van der Waals surface area contributed by atoms with Gasteiger partial charge in [0.1, 0.15) is 0 Å². The van der Waals surface area contributed by atoms with Gasteiger partial charge in [0.25, 0.3) is 0 Å². The molecule has 0 spiro atoms. The van der Waals surface area contributed by atoms with Crippen LogP contribution in [0.5, 0.6) is 0 Å². The van der Waals surface area contributed by atoms with Crippen LogP contribution in [0.2, 0.25) is 0 Å². The standard InChI is InChI=1S/C30H52I2/c1-3-5-7-9-11-13-15-17-19-21-23-27-25-29(31)30(32)26-28(27)24-22-20-18-16-14-12-10-8-6-4-2/h25-26H,3-24H2,1-2H3. The van der Waals surface area contributed by atoms with Crippen LogP contribution in [0.15, 0.2) is 12.1 Å². The van der Waals surface area contributed by atoms with Crippen molar-refractivity contribution in [2.45, 2.75) is 155 Å². The molecule has 2 heteroatoms. The molecule has 1 aromatic carbocycles. The molecular weight excluding hydrogens is 614 g/mol. The van der Waals surface area contributed by atoms with Crippen molar-refractivity contribution < 1.29 is 0 Å². The maximum Gasteiger partial charge on any atom is 0.0266 e. The molecule has 0 aliphatic carbocycles. The first-order chi connectivity index (χ1) is 15.7. The third-order valence-corrected chi connectivity index (χ3v) is 9.66. The summed E-state index contributed by atoms with van der Waals surface area (Å²) in [5.41, 5.74) is 3.29. The van der Waals surface area contributed by atoms with Crippen LogP contribution in [0, 0.1) is 7.14 Å². The van der Waals surface area contributed by atoms with E-state index in [1.807, 2.05) is 0 Å². The van der Waals surface area contributed by atoms with E-state index >= 15 is 0 Å². The highest BCUT2D eigenvalue weighted by Crippen LogP contribution is 2.24. The average molecular weight is 667 g/mol. The molecule has 0 amide bonds. The predicted molar refractivity (Wildman–Crippen MR) is 163 cm³/mol. The Kier molecular flexibility index (Phi) is 21.3. The number of rotatable bonds is 22. The first-order valence-electron chi connectivity index (χ1n) is 14.2. The van der Waals surface area contributed by atoms with Gasteiger partial charge < -0.3 is 0 Å². The van der Waals surface area contributed by atoms with Crippen molar-refractivity contribution in [1.82, 2.24) is 0 Å². The molecule has 0 aliphatic heterocycles. The number of hydrogen-bond acceptors (Lipinski definition) is 0.